The van der Waals surface area contributed by atoms with Gasteiger partial charge in [0.05, 0.1) is 0 Å². The first kappa shape index (κ1) is 21.9. The minimum absolute atomic E-state index is 0.509. The molecule has 180 valence electrons. The maximum atomic E-state index is 2.79. The molecule has 3 fully saturated rings. The number of likely N-dealkylation sites (N-methyl/N-ethyl adjacent to an activating group) is 1. The van der Waals surface area contributed by atoms with Gasteiger partial charge in [-0.1, -0.05) is 92.1 Å². The van der Waals surface area contributed by atoms with Crippen molar-refractivity contribution in [1.82, 2.24) is 4.90 Å². The van der Waals surface area contributed by atoms with E-state index in [4.69, 9.17) is 0 Å². The van der Waals surface area contributed by atoms with Crippen LogP contribution in [0.5, 0.6) is 0 Å². The number of rotatable bonds is 4. The maximum absolute atomic E-state index is 2.79. The summed E-state index contributed by atoms with van der Waals surface area (Å²) in [5.74, 6) is 2.25. The molecule has 0 aromatic heterocycles. The highest BCUT2D eigenvalue weighted by Crippen LogP contribution is 2.68. The summed E-state index contributed by atoms with van der Waals surface area (Å²) in [6.07, 6.45) is 12.8. The molecule has 1 heterocycles. The molecule has 3 aromatic carbocycles. The van der Waals surface area contributed by atoms with Gasteiger partial charge >= 0.3 is 0 Å². The van der Waals surface area contributed by atoms with Gasteiger partial charge in [0.15, 0.2) is 0 Å². The van der Waals surface area contributed by atoms with Gasteiger partial charge in [0.1, 0.15) is 0 Å². The first-order valence-corrected chi connectivity index (χ1v) is 14.3. The van der Waals surface area contributed by atoms with Crippen LogP contribution < -0.4 is 0 Å². The second-order valence-electron chi connectivity index (χ2n) is 12.0. The van der Waals surface area contributed by atoms with Gasteiger partial charge in [-0.2, -0.15) is 0 Å². The molecule has 4 aliphatic rings. The number of nitrogens with zero attached hydrogens (tertiary/aromatic N) is 1. The van der Waals surface area contributed by atoms with Crippen molar-refractivity contribution in [3.63, 3.8) is 0 Å². The summed E-state index contributed by atoms with van der Waals surface area (Å²) in [4.78, 5) is 2.79. The maximum Gasteiger partial charge on any atom is 0.0236 e. The molecule has 1 aliphatic heterocycles. The van der Waals surface area contributed by atoms with E-state index in [2.05, 4.69) is 84.7 Å². The Kier molecular flexibility index (Phi) is 5.39. The van der Waals surface area contributed by atoms with Crippen LogP contribution in [0, 0.1) is 11.3 Å². The monoisotopic (exact) mass is 461 g/mol. The van der Waals surface area contributed by atoms with Crippen molar-refractivity contribution in [3.8, 4) is 22.3 Å². The molecule has 2 saturated carbocycles. The smallest absolute Gasteiger partial charge is 0.0236 e. The Morgan fingerprint density at radius 3 is 1.83 bits per heavy atom. The molecule has 7 rings (SSSR count). The van der Waals surface area contributed by atoms with Gasteiger partial charge in [-0.25, -0.2) is 0 Å². The first-order valence-electron chi connectivity index (χ1n) is 14.3. The molecule has 3 aliphatic carbocycles. The van der Waals surface area contributed by atoms with Crippen LogP contribution in [0.3, 0.4) is 0 Å². The molecule has 0 bridgehead atoms. The number of fused-ring (bicyclic) bond motifs is 3. The largest absolute Gasteiger partial charge is 0.302 e. The van der Waals surface area contributed by atoms with Gasteiger partial charge in [-0.15, -0.1) is 0 Å². The molecule has 0 amide bonds. The van der Waals surface area contributed by atoms with Gasteiger partial charge < -0.3 is 4.90 Å². The Morgan fingerprint density at radius 1 is 0.657 bits per heavy atom. The lowest BCUT2D eigenvalue weighted by Gasteiger charge is -2.55. The zero-order valence-corrected chi connectivity index (χ0v) is 21.3. The van der Waals surface area contributed by atoms with Crippen molar-refractivity contribution in [2.45, 2.75) is 75.7 Å². The van der Waals surface area contributed by atoms with E-state index in [0.717, 1.165) is 5.92 Å². The second kappa shape index (κ2) is 8.63. The zero-order valence-electron chi connectivity index (χ0n) is 21.3. The lowest BCUT2D eigenvalue weighted by atomic mass is 9.51. The Bertz CT molecular complexity index is 1190. The van der Waals surface area contributed by atoms with Gasteiger partial charge in [0.2, 0.25) is 0 Å². The molecule has 1 heteroatoms. The molecular weight excluding hydrogens is 422 g/mol. The third kappa shape index (κ3) is 3.30. The van der Waals surface area contributed by atoms with Crippen LogP contribution >= 0.6 is 0 Å². The predicted octanol–water partition coefficient (Wildman–Crippen LogP) is 8.66. The average Bonchev–Trinajstić information content (AvgIpc) is 3.53. The Labute approximate surface area is 211 Å². The van der Waals surface area contributed by atoms with Crippen LogP contribution in [0.1, 0.15) is 80.8 Å². The summed E-state index contributed by atoms with van der Waals surface area (Å²) in [7, 11) is 2.45. The molecule has 0 radical (unpaired) electrons. The molecule has 35 heavy (non-hydrogen) atoms. The van der Waals surface area contributed by atoms with Crippen LogP contribution in [-0.4, -0.2) is 24.5 Å². The third-order valence-corrected chi connectivity index (χ3v) is 10.5. The van der Waals surface area contributed by atoms with E-state index < -0.39 is 0 Å². The van der Waals surface area contributed by atoms with Gasteiger partial charge in [-0.3, -0.25) is 0 Å². The van der Waals surface area contributed by atoms with Crippen molar-refractivity contribution >= 4 is 0 Å². The normalized spacial score (nSPS) is 27.9. The fraction of sp³-hybridized carbons (Fsp3) is 0.471. The molecule has 3 unspecified atom stereocenters. The molecule has 0 N–H and O–H groups in total. The number of likely N-dealkylation sites (tertiary alicyclic amines) is 1. The van der Waals surface area contributed by atoms with Crippen LogP contribution in [-0.2, 0) is 0 Å². The van der Waals surface area contributed by atoms with Crippen LogP contribution in [0.2, 0.25) is 0 Å². The topological polar surface area (TPSA) is 3.24 Å². The zero-order chi connectivity index (χ0) is 23.4. The van der Waals surface area contributed by atoms with Crippen molar-refractivity contribution in [3.05, 3.63) is 83.9 Å². The fourth-order valence-electron chi connectivity index (χ4n) is 8.96. The Morgan fingerprint density at radius 2 is 1.26 bits per heavy atom. The summed E-state index contributed by atoms with van der Waals surface area (Å²) in [5, 5.41) is 0. The lowest BCUT2D eigenvalue weighted by Crippen LogP contribution is -2.51. The first-order chi connectivity index (χ1) is 17.3. The minimum Gasteiger partial charge on any atom is -0.302 e. The van der Waals surface area contributed by atoms with Gasteiger partial charge in [0.25, 0.3) is 0 Å². The fourth-order valence-corrected chi connectivity index (χ4v) is 8.96. The molecular formula is C34H39N. The number of piperidine rings is 1. The average molecular weight is 462 g/mol. The number of hydrogen-bond donors (Lipinski definition) is 0. The highest BCUT2D eigenvalue weighted by molar-refractivity contribution is 5.81. The van der Waals surface area contributed by atoms with E-state index in [-0.39, 0.29) is 0 Å². The number of benzene rings is 3. The molecule has 0 spiro atoms. The lowest BCUT2D eigenvalue weighted by molar-refractivity contribution is -0.0213. The Balaban J connectivity index is 1.51. The third-order valence-electron chi connectivity index (χ3n) is 10.5. The van der Waals surface area contributed by atoms with E-state index in [1.807, 2.05) is 0 Å². The van der Waals surface area contributed by atoms with Crippen molar-refractivity contribution in [1.29, 1.82) is 0 Å². The number of hydrogen-bond acceptors (Lipinski definition) is 1. The van der Waals surface area contributed by atoms with E-state index in [1.54, 1.807) is 11.1 Å². The predicted molar refractivity (Wildman–Crippen MR) is 147 cm³/mol. The molecule has 1 saturated heterocycles. The van der Waals surface area contributed by atoms with E-state index in [1.165, 1.54) is 86.6 Å². The summed E-state index contributed by atoms with van der Waals surface area (Å²) in [6.45, 7) is 1.26. The Hall–Kier alpha value is -2.38. The van der Waals surface area contributed by atoms with Crippen LogP contribution in [0.4, 0.5) is 0 Å². The van der Waals surface area contributed by atoms with Gasteiger partial charge in [0, 0.05) is 17.9 Å². The van der Waals surface area contributed by atoms with Crippen LogP contribution in [0.15, 0.2) is 72.8 Å². The molecule has 1 nitrogen and oxygen atoms in total. The quantitative estimate of drug-likeness (QED) is 0.376. The van der Waals surface area contributed by atoms with Crippen LogP contribution in [0.25, 0.3) is 22.3 Å². The van der Waals surface area contributed by atoms with Crippen molar-refractivity contribution in [2.24, 2.45) is 11.3 Å². The summed E-state index contributed by atoms with van der Waals surface area (Å²) >= 11 is 0. The SMILES string of the molecule is CN1CCCC2c3c(-c4ccccc4)ccc(-c4ccccc4)c3C(C3(C4CCCC4)CCC3)C21. The highest BCUT2D eigenvalue weighted by atomic mass is 15.2. The molecule has 3 aromatic rings. The standard InChI is InChI=1S/C34H39N/c1-35-23-10-18-29-30-27(24-12-4-2-5-13-24)19-20-28(25-14-6-3-7-15-25)31(30)32(33(29)35)34(21-11-22-34)26-16-8-9-17-26/h2-7,12-15,19-20,26,29,32-33H,8-11,16-18,21-23H2,1H3. The summed E-state index contributed by atoms with van der Waals surface area (Å²) < 4.78 is 0. The minimum atomic E-state index is 0.509. The van der Waals surface area contributed by atoms with E-state index in [0.29, 0.717) is 23.3 Å². The van der Waals surface area contributed by atoms with Crippen molar-refractivity contribution < 1.29 is 0 Å². The summed E-state index contributed by atoms with van der Waals surface area (Å²) in [6, 6.07) is 28.2. The van der Waals surface area contributed by atoms with E-state index >= 15 is 0 Å². The van der Waals surface area contributed by atoms with Gasteiger partial charge in [-0.05, 0) is 96.8 Å². The van der Waals surface area contributed by atoms with Crippen molar-refractivity contribution in [2.75, 3.05) is 13.6 Å². The van der Waals surface area contributed by atoms with E-state index in [9.17, 15) is 0 Å². The molecule has 3 atom stereocenters. The highest BCUT2D eigenvalue weighted by Gasteiger charge is 2.59. The summed E-state index contributed by atoms with van der Waals surface area (Å²) in [5.41, 5.74) is 9.81. The second-order valence-corrected chi connectivity index (χ2v) is 12.0.